The number of anilines is 4. The first-order chi connectivity index (χ1) is 22.0. The lowest BCUT2D eigenvalue weighted by Gasteiger charge is -2.13. The minimum Gasteiger partial charge on any atom is -0.504 e. The molecule has 6 N–H and O–H groups in total. The number of carbonyl (C=O) groups excluding carboxylic acids is 2. The third-order valence-electron chi connectivity index (χ3n) is 5.83. The maximum atomic E-state index is 12.7. The summed E-state index contributed by atoms with van der Waals surface area (Å²) < 4.78 is 48.3. The summed E-state index contributed by atoms with van der Waals surface area (Å²) in [6, 6.07) is 11.4. The lowest BCUT2D eigenvalue weighted by molar-refractivity contribution is -0.137. The molecule has 250 valence electrons. The Balaban J connectivity index is 0.000000256. The number of phenols is 2. The molecule has 0 bridgehead atoms. The predicted molar refractivity (Wildman–Crippen MR) is 178 cm³/mol. The number of hydrogen-bond donors (Lipinski definition) is 6. The first-order valence-electron chi connectivity index (χ1n) is 12.6. The monoisotopic (exact) mass is 754 g/mol. The van der Waals surface area contributed by atoms with Crippen LogP contribution in [-0.2, 0) is 6.18 Å². The number of ether oxygens (including phenoxy) is 2. The molecule has 0 unspecified atom stereocenters. The largest absolute Gasteiger partial charge is 0.504 e. The van der Waals surface area contributed by atoms with Gasteiger partial charge < -0.3 is 41.0 Å². The molecule has 0 aliphatic rings. The number of carbonyl (C=O) groups is 2. The van der Waals surface area contributed by atoms with Crippen LogP contribution in [0.5, 0.6) is 23.0 Å². The van der Waals surface area contributed by atoms with Crippen LogP contribution in [0.15, 0.2) is 60.7 Å². The van der Waals surface area contributed by atoms with Gasteiger partial charge in [-0.15, -0.1) is 0 Å². The molecule has 0 radical (unpaired) electrons. The zero-order valence-corrected chi connectivity index (χ0v) is 27.6. The zero-order valence-electron chi connectivity index (χ0n) is 23.8. The van der Waals surface area contributed by atoms with Crippen molar-refractivity contribution in [2.45, 2.75) is 6.18 Å². The minimum absolute atomic E-state index is 0.0357. The Morgan fingerprint density at radius 2 is 1.06 bits per heavy atom. The number of phenolic OH excluding ortho intramolecular Hbond substituents is 2. The topological polar surface area (TPSA) is 141 Å². The second kappa shape index (κ2) is 16.1. The SMILES string of the molecule is COc1ccc(NC(=O)Nc2ccc(Cl)c(Cl)c2O)c(OC)c1.O=C(Nc1cc(C(F)(F)F)ccc1Cl)Nc1ccc(Cl)c(Cl)c1O. The molecular weight excluding hydrogens is 735 g/mol. The van der Waals surface area contributed by atoms with Crippen LogP contribution in [0.25, 0.3) is 0 Å². The molecule has 0 fully saturated rings. The Kier molecular flexibility index (Phi) is 12.8. The normalized spacial score (nSPS) is 10.7. The van der Waals surface area contributed by atoms with Crippen LogP contribution in [0, 0.1) is 0 Å². The molecule has 4 aromatic carbocycles. The van der Waals surface area contributed by atoms with Crippen LogP contribution >= 0.6 is 58.0 Å². The average molecular weight is 757 g/mol. The molecule has 0 atom stereocenters. The summed E-state index contributed by atoms with van der Waals surface area (Å²) in [5.74, 6) is 0.235. The highest BCUT2D eigenvalue weighted by Gasteiger charge is 2.31. The summed E-state index contributed by atoms with van der Waals surface area (Å²) in [5, 5.41) is 29.1. The van der Waals surface area contributed by atoms with Crippen molar-refractivity contribution in [1.29, 1.82) is 0 Å². The van der Waals surface area contributed by atoms with Crippen LogP contribution in [0.4, 0.5) is 45.5 Å². The summed E-state index contributed by atoms with van der Waals surface area (Å²) in [6.45, 7) is 0. The van der Waals surface area contributed by atoms with E-state index in [-0.39, 0.29) is 47.9 Å². The number of benzene rings is 4. The number of rotatable bonds is 6. The van der Waals surface area contributed by atoms with Crippen LogP contribution < -0.4 is 30.7 Å². The number of alkyl halides is 3. The summed E-state index contributed by atoms with van der Waals surface area (Å²) >= 11 is 28.8. The van der Waals surface area contributed by atoms with Crippen LogP contribution in [0.3, 0.4) is 0 Å². The highest BCUT2D eigenvalue weighted by Crippen LogP contribution is 2.39. The second-order valence-electron chi connectivity index (χ2n) is 8.93. The standard InChI is InChI=1S/C15H14Cl2N2O4.C14H8Cl3F3N2O2/c1-22-8-3-5-10(12(7-8)23-2)18-15(21)19-11-6-4-9(16)13(17)14(11)20;15-7-2-1-6(14(18,19)20)5-10(7)22-13(24)21-9-4-3-8(16)11(17)12(9)23/h3-7,20H,1-2H3,(H2,18,19,21);1-5,23H,(H2,21,22,24). The summed E-state index contributed by atoms with van der Waals surface area (Å²) in [6.07, 6.45) is -4.58. The van der Waals surface area contributed by atoms with Gasteiger partial charge in [-0.1, -0.05) is 58.0 Å². The Morgan fingerprint density at radius 3 is 1.53 bits per heavy atom. The lowest BCUT2D eigenvalue weighted by atomic mass is 10.2. The van der Waals surface area contributed by atoms with Gasteiger partial charge in [0, 0.05) is 6.07 Å². The van der Waals surface area contributed by atoms with Gasteiger partial charge in [-0.05, 0) is 54.6 Å². The first-order valence-corrected chi connectivity index (χ1v) is 14.5. The predicted octanol–water partition coefficient (Wildman–Crippen LogP) is 10.4. The molecule has 10 nitrogen and oxygen atoms in total. The van der Waals surface area contributed by atoms with Crippen molar-refractivity contribution in [1.82, 2.24) is 0 Å². The van der Waals surface area contributed by atoms with E-state index in [9.17, 15) is 33.0 Å². The number of nitrogens with one attached hydrogen (secondary N) is 4. The van der Waals surface area contributed by atoms with Gasteiger partial charge in [-0.25, -0.2) is 9.59 Å². The third kappa shape index (κ3) is 9.92. The molecule has 4 rings (SSSR count). The van der Waals surface area contributed by atoms with Crippen LogP contribution in [-0.4, -0.2) is 36.5 Å². The van der Waals surface area contributed by atoms with Crippen molar-refractivity contribution in [2.24, 2.45) is 0 Å². The molecule has 18 heteroatoms. The Bertz CT molecular complexity index is 1800. The maximum absolute atomic E-state index is 12.7. The first kappa shape index (κ1) is 37.3. The number of urea groups is 2. The molecule has 0 saturated carbocycles. The number of halogens is 8. The zero-order chi connectivity index (χ0) is 35.1. The van der Waals surface area contributed by atoms with Gasteiger partial charge in [0.15, 0.2) is 11.5 Å². The van der Waals surface area contributed by atoms with Gasteiger partial charge in [0.05, 0.1) is 57.6 Å². The fourth-order valence-corrected chi connectivity index (χ4v) is 4.33. The van der Waals surface area contributed by atoms with Gasteiger partial charge in [0.1, 0.15) is 21.5 Å². The van der Waals surface area contributed by atoms with E-state index < -0.39 is 29.6 Å². The van der Waals surface area contributed by atoms with E-state index in [0.717, 1.165) is 12.1 Å². The van der Waals surface area contributed by atoms with Crippen molar-refractivity contribution < 1.29 is 42.4 Å². The quantitative estimate of drug-likeness (QED) is 0.108. The Morgan fingerprint density at radius 1 is 0.617 bits per heavy atom. The van der Waals surface area contributed by atoms with Crippen molar-refractivity contribution in [3.63, 3.8) is 0 Å². The molecule has 0 spiro atoms. The number of amides is 4. The smallest absolute Gasteiger partial charge is 0.416 e. The molecule has 0 aliphatic carbocycles. The van der Waals surface area contributed by atoms with E-state index in [1.165, 1.54) is 38.5 Å². The van der Waals surface area contributed by atoms with Gasteiger partial charge in [0.2, 0.25) is 0 Å². The lowest BCUT2D eigenvalue weighted by Crippen LogP contribution is -2.20. The molecule has 0 aliphatic heterocycles. The van der Waals surface area contributed by atoms with Gasteiger partial charge in [-0.2, -0.15) is 13.2 Å². The Labute approximate surface area is 290 Å². The molecule has 4 aromatic rings. The van der Waals surface area contributed by atoms with E-state index in [2.05, 4.69) is 21.3 Å². The van der Waals surface area contributed by atoms with E-state index in [1.807, 2.05) is 0 Å². The average Bonchev–Trinajstić information content (AvgIpc) is 3.02. The Hall–Kier alpha value is -4.14. The van der Waals surface area contributed by atoms with Crippen LogP contribution in [0.1, 0.15) is 5.56 Å². The fraction of sp³-hybridized carbons (Fsp3) is 0.103. The molecule has 4 amide bonds. The number of hydrogen-bond acceptors (Lipinski definition) is 6. The molecule has 47 heavy (non-hydrogen) atoms. The summed E-state index contributed by atoms with van der Waals surface area (Å²) in [4.78, 5) is 24.0. The molecular formula is C29H22Cl5F3N4O6. The van der Waals surface area contributed by atoms with Gasteiger partial charge in [0.25, 0.3) is 0 Å². The van der Waals surface area contributed by atoms with Crippen molar-refractivity contribution >= 4 is 92.8 Å². The van der Waals surface area contributed by atoms with Gasteiger partial charge >= 0.3 is 18.2 Å². The highest BCUT2D eigenvalue weighted by molar-refractivity contribution is 6.44. The second-order valence-corrected chi connectivity index (χ2v) is 10.9. The van der Waals surface area contributed by atoms with E-state index in [1.54, 1.807) is 18.2 Å². The van der Waals surface area contributed by atoms with Crippen molar-refractivity contribution in [2.75, 3.05) is 35.5 Å². The summed E-state index contributed by atoms with van der Waals surface area (Å²) in [5.41, 5.74) is -0.733. The van der Waals surface area contributed by atoms with E-state index in [0.29, 0.717) is 23.3 Å². The van der Waals surface area contributed by atoms with Crippen molar-refractivity contribution in [3.8, 4) is 23.0 Å². The van der Waals surface area contributed by atoms with Crippen molar-refractivity contribution in [3.05, 3.63) is 91.3 Å². The third-order valence-corrected chi connectivity index (χ3v) is 7.75. The maximum Gasteiger partial charge on any atom is 0.416 e. The van der Waals surface area contributed by atoms with E-state index in [4.69, 9.17) is 67.5 Å². The van der Waals surface area contributed by atoms with E-state index >= 15 is 0 Å². The molecule has 0 aromatic heterocycles. The number of aromatic hydroxyl groups is 2. The van der Waals surface area contributed by atoms with Gasteiger partial charge in [-0.3, -0.25) is 0 Å². The molecule has 0 heterocycles. The number of methoxy groups -OCH3 is 2. The minimum atomic E-state index is -4.58. The molecule has 0 saturated heterocycles. The summed E-state index contributed by atoms with van der Waals surface area (Å²) in [7, 11) is 3.00. The fourth-order valence-electron chi connectivity index (χ4n) is 3.53. The highest BCUT2D eigenvalue weighted by atomic mass is 35.5. The van der Waals surface area contributed by atoms with Crippen LogP contribution in [0.2, 0.25) is 25.1 Å².